The number of fused-ring (bicyclic) bond motifs is 4. The third-order valence-corrected chi connectivity index (χ3v) is 7.90. The van der Waals surface area contributed by atoms with Crippen LogP contribution in [0.4, 0.5) is 5.69 Å². The molecule has 1 saturated carbocycles. The molecule has 5 rings (SSSR count). The van der Waals surface area contributed by atoms with Crippen LogP contribution in [-0.4, -0.2) is 45.9 Å². The Morgan fingerprint density at radius 1 is 1.13 bits per heavy atom. The van der Waals surface area contributed by atoms with Gasteiger partial charge in [0.05, 0.1) is 17.9 Å². The second-order valence-electron chi connectivity index (χ2n) is 9.56. The Bertz CT molecular complexity index is 937. The number of anilines is 1. The number of carbonyl (C=O) groups is 3. The molecular formula is C24H31N3O4. The minimum Gasteiger partial charge on any atom is -0.392 e. The highest BCUT2D eigenvalue weighted by Gasteiger charge is 2.71. The summed E-state index contributed by atoms with van der Waals surface area (Å²) in [6.45, 7) is 3.64. The average Bonchev–Trinajstić information content (AvgIpc) is 3.23. The van der Waals surface area contributed by atoms with E-state index in [4.69, 9.17) is 0 Å². The fraction of sp³-hybridized carbons (Fsp3) is 0.625. The average molecular weight is 426 g/mol. The monoisotopic (exact) mass is 425 g/mol. The SMILES string of the molecule is CCc1cccc2c1NC(=O)[C@@]21N[C@@H]([C@@H](C)O)[C@H]2C(=O)N(C3CCCCCC3)C(=O)[C@H]21. The van der Waals surface area contributed by atoms with Crippen molar-refractivity contribution in [3.8, 4) is 0 Å². The molecule has 0 unspecified atom stereocenters. The molecule has 1 aliphatic carbocycles. The molecule has 1 aromatic carbocycles. The normalized spacial score (nSPS) is 34.1. The lowest BCUT2D eigenvalue weighted by Gasteiger charge is -2.32. The van der Waals surface area contributed by atoms with Crippen LogP contribution in [0, 0.1) is 11.8 Å². The Hall–Kier alpha value is -2.25. The van der Waals surface area contributed by atoms with Crippen molar-refractivity contribution in [3.63, 3.8) is 0 Å². The number of carbonyl (C=O) groups excluding carboxylic acids is 3. The zero-order valence-corrected chi connectivity index (χ0v) is 18.2. The molecule has 31 heavy (non-hydrogen) atoms. The van der Waals surface area contributed by atoms with Gasteiger partial charge in [-0.15, -0.1) is 0 Å². The van der Waals surface area contributed by atoms with Crippen molar-refractivity contribution in [2.75, 3.05) is 5.32 Å². The summed E-state index contributed by atoms with van der Waals surface area (Å²) in [6.07, 6.45) is 5.76. The van der Waals surface area contributed by atoms with Crippen molar-refractivity contribution in [3.05, 3.63) is 29.3 Å². The van der Waals surface area contributed by atoms with E-state index in [1.54, 1.807) is 6.92 Å². The first-order valence-electron chi connectivity index (χ1n) is 11.7. The molecule has 5 atom stereocenters. The molecule has 3 aliphatic heterocycles. The maximum Gasteiger partial charge on any atom is 0.250 e. The topological polar surface area (TPSA) is 98.7 Å². The first kappa shape index (κ1) is 20.6. The fourth-order valence-corrected chi connectivity index (χ4v) is 6.43. The van der Waals surface area contributed by atoms with Gasteiger partial charge in [-0.1, -0.05) is 50.8 Å². The molecule has 7 nitrogen and oxygen atoms in total. The van der Waals surface area contributed by atoms with E-state index in [-0.39, 0.29) is 23.8 Å². The summed E-state index contributed by atoms with van der Waals surface area (Å²) < 4.78 is 0. The summed E-state index contributed by atoms with van der Waals surface area (Å²) in [5.74, 6) is -2.37. The summed E-state index contributed by atoms with van der Waals surface area (Å²) in [6, 6.07) is 4.98. The molecule has 1 aromatic rings. The summed E-state index contributed by atoms with van der Waals surface area (Å²) in [5.41, 5.74) is 1.14. The van der Waals surface area contributed by atoms with Gasteiger partial charge in [0.1, 0.15) is 5.54 Å². The number of aliphatic hydroxyl groups excluding tert-OH is 1. The van der Waals surface area contributed by atoms with Gasteiger partial charge >= 0.3 is 0 Å². The lowest BCUT2D eigenvalue weighted by Crippen LogP contribution is -2.55. The molecule has 3 heterocycles. The predicted octanol–water partition coefficient (Wildman–Crippen LogP) is 2.07. The Morgan fingerprint density at radius 3 is 2.48 bits per heavy atom. The Balaban J connectivity index is 1.63. The highest BCUT2D eigenvalue weighted by atomic mass is 16.3. The molecule has 3 N–H and O–H groups in total. The number of nitrogens with one attached hydrogen (secondary N) is 2. The van der Waals surface area contributed by atoms with Gasteiger partial charge in [-0.2, -0.15) is 0 Å². The lowest BCUT2D eigenvalue weighted by atomic mass is 9.76. The van der Waals surface area contributed by atoms with Gasteiger partial charge in [-0.3, -0.25) is 24.6 Å². The maximum absolute atomic E-state index is 13.9. The maximum atomic E-state index is 13.9. The number of hydrogen-bond acceptors (Lipinski definition) is 5. The van der Waals surface area contributed by atoms with Crippen LogP contribution in [0.25, 0.3) is 0 Å². The van der Waals surface area contributed by atoms with Gasteiger partial charge in [0.15, 0.2) is 0 Å². The van der Waals surface area contributed by atoms with E-state index in [2.05, 4.69) is 10.6 Å². The Kier molecular flexibility index (Phi) is 4.94. The molecule has 7 heteroatoms. The van der Waals surface area contributed by atoms with E-state index in [1.165, 1.54) is 4.90 Å². The number of hydrogen-bond donors (Lipinski definition) is 3. The van der Waals surface area contributed by atoms with E-state index in [0.717, 1.165) is 61.8 Å². The van der Waals surface area contributed by atoms with E-state index in [0.29, 0.717) is 0 Å². The van der Waals surface area contributed by atoms with Crippen molar-refractivity contribution < 1.29 is 19.5 Å². The van der Waals surface area contributed by atoms with Crippen LogP contribution in [0.15, 0.2) is 18.2 Å². The number of nitrogens with zero attached hydrogens (tertiary/aromatic N) is 1. The van der Waals surface area contributed by atoms with E-state index in [1.807, 2.05) is 25.1 Å². The van der Waals surface area contributed by atoms with Gasteiger partial charge in [0, 0.05) is 23.3 Å². The summed E-state index contributed by atoms with van der Waals surface area (Å²) in [5, 5.41) is 16.8. The lowest BCUT2D eigenvalue weighted by molar-refractivity contribution is -0.146. The number of imide groups is 1. The van der Waals surface area contributed by atoms with Gasteiger partial charge < -0.3 is 10.4 Å². The van der Waals surface area contributed by atoms with Crippen LogP contribution in [0.2, 0.25) is 0 Å². The van der Waals surface area contributed by atoms with Crippen molar-refractivity contribution in [1.29, 1.82) is 0 Å². The minimum atomic E-state index is -1.32. The number of rotatable bonds is 3. The molecule has 0 radical (unpaired) electrons. The van der Waals surface area contributed by atoms with E-state index in [9.17, 15) is 19.5 Å². The van der Waals surface area contributed by atoms with Crippen LogP contribution in [0.1, 0.15) is 63.5 Å². The fourth-order valence-electron chi connectivity index (χ4n) is 6.43. The first-order valence-corrected chi connectivity index (χ1v) is 11.7. The van der Waals surface area contributed by atoms with E-state index < -0.39 is 29.5 Å². The second-order valence-corrected chi connectivity index (χ2v) is 9.56. The molecule has 3 fully saturated rings. The summed E-state index contributed by atoms with van der Waals surface area (Å²) in [4.78, 5) is 42.4. The van der Waals surface area contributed by atoms with E-state index >= 15 is 0 Å². The van der Waals surface area contributed by atoms with Crippen molar-refractivity contribution in [2.24, 2.45) is 11.8 Å². The van der Waals surface area contributed by atoms with Crippen LogP contribution in [-0.2, 0) is 26.3 Å². The van der Waals surface area contributed by atoms with Crippen LogP contribution in [0.5, 0.6) is 0 Å². The highest BCUT2D eigenvalue weighted by Crippen LogP contribution is 2.54. The first-order chi connectivity index (χ1) is 14.9. The molecule has 166 valence electrons. The Labute approximate surface area is 182 Å². The van der Waals surface area contributed by atoms with Crippen LogP contribution >= 0.6 is 0 Å². The van der Waals surface area contributed by atoms with Crippen LogP contribution in [0.3, 0.4) is 0 Å². The number of likely N-dealkylation sites (tertiary alicyclic amines) is 1. The molecule has 1 spiro atoms. The number of para-hydroxylation sites is 1. The molecule has 4 aliphatic rings. The smallest absolute Gasteiger partial charge is 0.250 e. The summed E-state index contributed by atoms with van der Waals surface area (Å²) in [7, 11) is 0. The number of aryl methyl sites for hydroxylation is 1. The minimum absolute atomic E-state index is 0.106. The van der Waals surface area contributed by atoms with Gasteiger partial charge in [-0.05, 0) is 31.7 Å². The quantitative estimate of drug-likeness (QED) is 0.509. The molecule has 3 amide bonds. The molecule has 0 aromatic heterocycles. The highest BCUT2D eigenvalue weighted by molar-refractivity contribution is 6.15. The van der Waals surface area contributed by atoms with Crippen molar-refractivity contribution >= 4 is 23.4 Å². The van der Waals surface area contributed by atoms with Gasteiger partial charge in [0.2, 0.25) is 17.7 Å². The zero-order chi connectivity index (χ0) is 21.9. The summed E-state index contributed by atoms with van der Waals surface area (Å²) >= 11 is 0. The second kappa shape index (κ2) is 7.41. The molecular weight excluding hydrogens is 394 g/mol. The third-order valence-electron chi connectivity index (χ3n) is 7.90. The standard InChI is InChI=1S/C24H31N3O4/c1-3-14-9-8-12-16-20(14)25-23(31)24(16)18-17(19(26-24)13(2)28)21(29)27(22(18)30)15-10-6-4-5-7-11-15/h8-9,12-13,15,17-19,26,28H,3-7,10-11H2,1-2H3,(H,25,31)/t13-,17+,18+,19+,24-/m1/s1. The number of benzene rings is 1. The number of aliphatic hydroxyl groups is 1. The zero-order valence-electron chi connectivity index (χ0n) is 18.2. The van der Waals surface area contributed by atoms with Gasteiger partial charge in [0.25, 0.3) is 0 Å². The van der Waals surface area contributed by atoms with Crippen molar-refractivity contribution in [1.82, 2.24) is 10.2 Å². The van der Waals surface area contributed by atoms with Crippen molar-refractivity contribution in [2.45, 2.75) is 82.5 Å². The molecule has 0 bridgehead atoms. The number of amides is 3. The van der Waals surface area contributed by atoms with Gasteiger partial charge in [-0.25, -0.2) is 0 Å². The Morgan fingerprint density at radius 2 is 1.84 bits per heavy atom. The largest absolute Gasteiger partial charge is 0.392 e. The predicted molar refractivity (Wildman–Crippen MR) is 115 cm³/mol. The third kappa shape index (κ3) is 2.75. The molecule has 2 saturated heterocycles. The van der Waals surface area contributed by atoms with Crippen LogP contribution < -0.4 is 10.6 Å².